The van der Waals surface area contributed by atoms with Crippen molar-refractivity contribution >= 4 is 15.7 Å². The minimum atomic E-state index is -3.64. The molecular weight excluding hydrogens is 336 g/mol. The summed E-state index contributed by atoms with van der Waals surface area (Å²) in [6, 6.07) is 7.65. The van der Waals surface area contributed by atoms with Crippen LogP contribution in [-0.2, 0) is 23.6 Å². The van der Waals surface area contributed by atoms with Crippen LogP contribution in [0.4, 0.5) is 5.69 Å². The second kappa shape index (κ2) is 7.17. The van der Waals surface area contributed by atoms with Gasteiger partial charge < -0.3 is 0 Å². The molecule has 0 spiro atoms. The van der Waals surface area contributed by atoms with E-state index in [2.05, 4.69) is 14.7 Å². The summed E-state index contributed by atoms with van der Waals surface area (Å²) in [7, 11) is -1.89. The Balaban J connectivity index is 1.72. The van der Waals surface area contributed by atoms with E-state index in [0.717, 1.165) is 19.6 Å². The molecule has 1 fully saturated rings. The van der Waals surface area contributed by atoms with Gasteiger partial charge in [0, 0.05) is 19.3 Å². The lowest BCUT2D eigenvalue weighted by molar-refractivity contribution is 0.221. The van der Waals surface area contributed by atoms with Crippen molar-refractivity contribution in [3.8, 4) is 0 Å². The molecule has 0 bridgehead atoms. The van der Waals surface area contributed by atoms with Crippen LogP contribution in [0.25, 0.3) is 0 Å². The van der Waals surface area contributed by atoms with E-state index >= 15 is 0 Å². The quantitative estimate of drug-likeness (QED) is 0.888. The standard InChI is InChI=1S/C18H26N4O2S/c1-14-18(15(2)21(3)19-14)25(23,24)20-17-9-7-16(8-10-17)13-22-11-5-4-6-12-22/h7-10,20H,4-6,11-13H2,1-3H3. The highest BCUT2D eigenvalue weighted by Crippen LogP contribution is 2.22. The van der Waals surface area contributed by atoms with Crippen LogP contribution in [0.3, 0.4) is 0 Å². The summed E-state index contributed by atoms with van der Waals surface area (Å²) < 4.78 is 29.6. The number of nitrogens with zero attached hydrogens (tertiary/aromatic N) is 3. The predicted molar refractivity (Wildman–Crippen MR) is 99.1 cm³/mol. The Morgan fingerprint density at radius 3 is 2.28 bits per heavy atom. The lowest BCUT2D eigenvalue weighted by atomic mass is 10.1. The van der Waals surface area contributed by atoms with Gasteiger partial charge in [0.2, 0.25) is 0 Å². The lowest BCUT2D eigenvalue weighted by Crippen LogP contribution is -2.29. The van der Waals surface area contributed by atoms with Gasteiger partial charge in [0.25, 0.3) is 10.0 Å². The van der Waals surface area contributed by atoms with E-state index in [1.54, 1.807) is 25.6 Å². The van der Waals surface area contributed by atoms with Crippen molar-refractivity contribution in [3.63, 3.8) is 0 Å². The smallest absolute Gasteiger partial charge is 0.265 e. The van der Waals surface area contributed by atoms with Crippen molar-refractivity contribution in [2.45, 2.75) is 44.6 Å². The SMILES string of the molecule is Cc1nn(C)c(C)c1S(=O)(=O)Nc1ccc(CN2CCCCC2)cc1. The van der Waals surface area contributed by atoms with Gasteiger partial charge in [0.05, 0.1) is 11.4 Å². The van der Waals surface area contributed by atoms with Crippen LogP contribution < -0.4 is 4.72 Å². The van der Waals surface area contributed by atoms with Crippen molar-refractivity contribution in [2.75, 3.05) is 17.8 Å². The van der Waals surface area contributed by atoms with Crippen LogP contribution in [-0.4, -0.2) is 36.2 Å². The van der Waals surface area contributed by atoms with E-state index in [1.807, 2.05) is 24.3 Å². The molecule has 25 heavy (non-hydrogen) atoms. The molecule has 1 aromatic carbocycles. The molecule has 136 valence electrons. The molecule has 0 amide bonds. The first-order valence-corrected chi connectivity index (χ1v) is 10.2. The van der Waals surface area contributed by atoms with E-state index in [-0.39, 0.29) is 4.90 Å². The molecule has 1 aliphatic rings. The van der Waals surface area contributed by atoms with Crippen LogP contribution in [0.5, 0.6) is 0 Å². The van der Waals surface area contributed by atoms with E-state index in [4.69, 9.17) is 0 Å². The highest BCUT2D eigenvalue weighted by atomic mass is 32.2. The van der Waals surface area contributed by atoms with E-state index in [0.29, 0.717) is 17.1 Å². The molecule has 6 nitrogen and oxygen atoms in total. The molecule has 0 aliphatic carbocycles. The molecule has 3 rings (SSSR count). The van der Waals surface area contributed by atoms with Crippen LogP contribution in [0.2, 0.25) is 0 Å². The minimum Gasteiger partial charge on any atom is -0.299 e. The Labute approximate surface area is 149 Å². The predicted octanol–water partition coefficient (Wildman–Crippen LogP) is 2.82. The Morgan fingerprint density at radius 1 is 1.08 bits per heavy atom. The summed E-state index contributed by atoms with van der Waals surface area (Å²) in [6.45, 7) is 6.69. The molecule has 2 heterocycles. The molecule has 2 aromatic rings. The second-order valence-electron chi connectivity index (χ2n) is 6.76. The van der Waals surface area contributed by atoms with Crippen LogP contribution in [0.1, 0.15) is 36.2 Å². The molecule has 0 radical (unpaired) electrons. The Kier molecular flexibility index (Phi) is 5.15. The number of anilines is 1. The molecule has 1 saturated heterocycles. The molecule has 0 saturated carbocycles. The van der Waals surface area contributed by atoms with Crippen molar-refractivity contribution in [1.29, 1.82) is 0 Å². The maximum Gasteiger partial charge on any atom is 0.265 e. The Hall–Kier alpha value is -1.86. The minimum absolute atomic E-state index is 0.257. The number of likely N-dealkylation sites (tertiary alicyclic amines) is 1. The average molecular weight is 362 g/mol. The third-order valence-electron chi connectivity index (χ3n) is 4.77. The number of aryl methyl sites for hydroxylation is 2. The topological polar surface area (TPSA) is 67.2 Å². The molecule has 1 N–H and O–H groups in total. The van der Waals surface area contributed by atoms with Crippen LogP contribution in [0, 0.1) is 13.8 Å². The van der Waals surface area contributed by atoms with Gasteiger partial charge in [-0.05, 0) is 57.5 Å². The van der Waals surface area contributed by atoms with Gasteiger partial charge in [-0.3, -0.25) is 14.3 Å². The normalized spacial score (nSPS) is 16.1. The molecule has 0 unspecified atom stereocenters. The summed E-state index contributed by atoms with van der Waals surface area (Å²) in [4.78, 5) is 2.71. The number of rotatable bonds is 5. The maximum absolute atomic E-state index is 12.7. The van der Waals surface area contributed by atoms with Crippen molar-refractivity contribution < 1.29 is 8.42 Å². The largest absolute Gasteiger partial charge is 0.299 e. The van der Waals surface area contributed by atoms with E-state index in [1.165, 1.54) is 24.8 Å². The molecule has 1 aliphatic heterocycles. The molecule has 7 heteroatoms. The zero-order chi connectivity index (χ0) is 18.0. The summed E-state index contributed by atoms with van der Waals surface area (Å²) in [5.74, 6) is 0. The zero-order valence-corrected chi connectivity index (χ0v) is 15.9. The fourth-order valence-electron chi connectivity index (χ4n) is 3.40. The van der Waals surface area contributed by atoms with Gasteiger partial charge in [-0.25, -0.2) is 8.42 Å². The van der Waals surface area contributed by atoms with Crippen molar-refractivity contribution in [3.05, 3.63) is 41.2 Å². The molecule has 0 atom stereocenters. The maximum atomic E-state index is 12.7. The first-order chi connectivity index (χ1) is 11.9. The third-order valence-corrected chi connectivity index (χ3v) is 6.41. The molecule has 1 aromatic heterocycles. The third kappa shape index (κ3) is 4.04. The number of sulfonamides is 1. The van der Waals surface area contributed by atoms with Gasteiger partial charge in [-0.1, -0.05) is 18.6 Å². The summed E-state index contributed by atoms with van der Waals surface area (Å²) >= 11 is 0. The fraction of sp³-hybridized carbons (Fsp3) is 0.500. The lowest BCUT2D eigenvalue weighted by Gasteiger charge is -2.26. The number of piperidine rings is 1. The van der Waals surface area contributed by atoms with Crippen LogP contribution >= 0.6 is 0 Å². The first kappa shape index (κ1) is 17.9. The van der Waals surface area contributed by atoms with E-state index < -0.39 is 10.0 Å². The van der Waals surface area contributed by atoms with Gasteiger partial charge in [0.1, 0.15) is 4.90 Å². The zero-order valence-electron chi connectivity index (χ0n) is 15.1. The summed E-state index contributed by atoms with van der Waals surface area (Å²) in [6.07, 6.45) is 3.85. The van der Waals surface area contributed by atoms with Crippen molar-refractivity contribution in [1.82, 2.24) is 14.7 Å². The number of hydrogen-bond donors (Lipinski definition) is 1. The summed E-state index contributed by atoms with van der Waals surface area (Å²) in [5, 5.41) is 4.19. The summed E-state index contributed by atoms with van der Waals surface area (Å²) in [5.41, 5.74) is 2.92. The first-order valence-electron chi connectivity index (χ1n) is 8.71. The highest BCUT2D eigenvalue weighted by Gasteiger charge is 2.23. The number of nitrogens with one attached hydrogen (secondary N) is 1. The number of aromatic nitrogens is 2. The van der Waals surface area contributed by atoms with Gasteiger partial charge in [-0.2, -0.15) is 5.10 Å². The Morgan fingerprint density at radius 2 is 1.72 bits per heavy atom. The monoisotopic (exact) mass is 362 g/mol. The van der Waals surface area contributed by atoms with Crippen LogP contribution in [0.15, 0.2) is 29.2 Å². The highest BCUT2D eigenvalue weighted by molar-refractivity contribution is 7.92. The number of hydrogen-bond acceptors (Lipinski definition) is 4. The average Bonchev–Trinajstić information content (AvgIpc) is 2.83. The van der Waals surface area contributed by atoms with Crippen molar-refractivity contribution in [2.24, 2.45) is 7.05 Å². The fourth-order valence-corrected chi connectivity index (χ4v) is 4.90. The number of benzene rings is 1. The van der Waals surface area contributed by atoms with Gasteiger partial charge >= 0.3 is 0 Å². The second-order valence-corrected chi connectivity index (χ2v) is 8.38. The molecular formula is C18H26N4O2S. The van der Waals surface area contributed by atoms with Gasteiger partial charge in [0.15, 0.2) is 0 Å². The van der Waals surface area contributed by atoms with Gasteiger partial charge in [-0.15, -0.1) is 0 Å². The van der Waals surface area contributed by atoms with E-state index in [9.17, 15) is 8.42 Å². The Bertz CT molecular complexity index is 835.